The fraction of sp³-hybridized carbons (Fsp3) is 0.394. The van der Waals surface area contributed by atoms with E-state index in [-0.39, 0.29) is 10.8 Å². The fourth-order valence-electron chi connectivity index (χ4n) is 4.97. The van der Waals surface area contributed by atoms with Crippen LogP contribution in [0.2, 0.25) is 0 Å². The van der Waals surface area contributed by atoms with Gasteiger partial charge in [-0.15, -0.1) is 0 Å². The highest BCUT2D eigenvalue weighted by atomic mass is 16.5. The van der Waals surface area contributed by atoms with Gasteiger partial charge in [0.2, 0.25) is 0 Å². The maximum Gasteiger partial charge on any atom is 0.161 e. The predicted molar refractivity (Wildman–Crippen MR) is 155 cm³/mol. The van der Waals surface area contributed by atoms with E-state index in [1.54, 1.807) is 28.4 Å². The third-order valence-corrected chi connectivity index (χ3v) is 7.12. The number of hydrogen-bond donors (Lipinski definition) is 1. The molecular formula is C33H40O6. The molecule has 3 aromatic rings. The molecule has 0 fully saturated rings. The van der Waals surface area contributed by atoms with E-state index in [1.165, 1.54) is 0 Å². The fourth-order valence-corrected chi connectivity index (χ4v) is 4.97. The maximum absolute atomic E-state index is 11.4. The van der Waals surface area contributed by atoms with E-state index in [1.807, 2.05) is 36.4 Å². The molecule has 0 unspecified atom stereocenters. The molecule has 1 aliphatic rings. The van der Waals surface area contributed by atoms with Gasteiger partial charge < -0.3 is 28.8 Å². The zero-order valence-corrected chi connectivity index (χ0v) is 24.7. The van der Waals surface area contributed by atoms with Crippen LogP contribution in [0.15, 0.2) is 42.5 Å². The minimum Gasteiger partial charge on any atom is -0.507 e. The molecule has 6 nitrogen and oxygen atoms in total. The molecule has 0 spiro atoms. The molecule has 0 amide bonds. The minimum absolute atomic E-state index is 0.281. The van der Waals surface area contributed by atoms with Gasteiger partial charge in [-0.25, -0.2) is 0 Å². The van der Waals surface area contributed by atoms with Crippen LogP contribution in [0.3, 0.4) is 0 Å². The summed E-state index contributed by atoms with van der Waals surface area (Å²) in [5.74, 6) is 3.53. The first kappa shape index (κ1) is 28.2. The first-order valence-electron chi connectivity index (χ1n) is 13.1. The molecule has 0 aliphatic carbocycles. The third-order valence-electron chi connectivity index (χ3n) is 7.12. The van der Waals surface area contributed by atoms with Crippen molar-refractivity contribution in [1.29, 1.82) is 0 Å². The van der Waals surface area contributed by atoms with Crippen LogP contribution in [-0.4, -0.2) is 33.5 Å². The van der Waals surface area contributed by atoms with Gasteiger partial charge in [-0.05, 0) is 81.6 Å². The van der Waals surface area contributed by atoms with E-state index in [0.29, 0.717) is 34.5 Å². The molecule has 1 aliphatic heterocycles. The lowest BCUT2D eigenvalue weighted by Crippen LogP contribution is -2.20. The number of hydrogen-bond acceptors (Lipinski definition) is 6. The summed E-state index contributed by atoms with van der Waals surface area (Å²) in [6, 6.07) is 13.8. The summed E-state index contributed by atoms with van der Waals surface area (Å²) in [5.41, 5.74) is 4.88. The highest BCUT2D eigenvalue weighted by molar-refractivity contribution is 5.83. The molecule has 1 atom stereocenters. The summed E-state index contributed by atoms with van der Waals surface area (Å²) < 4.78 is 29.1. The molecule has 0 radical (unpaired) electrons. The number of phenolic OH excluding ortho intramolecular Hbond substituents is 1. The molecule has 208 valence electrons. The van der Waals surface area contributed by atoms with Gasteiger partial charge in [0.1, 0.15) is 17.6 Å². The van der Waals surface area contributed by atoms with E-state index in [9.17, 15) is 5.11 Å². The molecule has 3 aromatic carbocycles. The van der Waals surface area contributed by atoms with Crippen LogP contribution in [0.25, 0.3) is 11.8 Å². The van der Waals surface area contributed by atoms with Gasteiger partial charge in [-0.3, -0.25) is 0 Å². The topological polar surface area (TPSA) is 66.4 Å². The molecule has 1 heterocycles. The second kappa shape index (κ2) is 10.4. The quantitative estimate of drug-likeness (QED) is 0.352. The molecule has 0 bridgehead atoms. The van der Waals surface area contributed by atoms with E-state index in [4.69, 9.17) is 23.7 Å². The Kier molecular flexibility index (Phi) is 7.53. The first-order chi connectivity index (χ1) is 18.3. The van der Waals surface area contributed by atoms with E-state index in [2.05, 4.69) is 53.7 Å². The summed E-state index contributed by atoms with van der Waals surface area (Å²) >= 11 is 0. The highest BCUT2D eigenvalue weighted by Crippen LogP contribution is 2.48. The van der Waals surface area contributed by atoms with Gasteiger partial charge >= 0.3 is 0 Å². The van der Waals surface area contributed by atoms with Gasteiger partial charge in [0.05, 0.1) is 28.4 Å². The van der Waals surface area contributed by atoms with E-state index in [0.717, 1.165) is 33.4 Å². The van der Waals surface area contributed by atoms with Crippen LogP contribution in [0, 0.1) is 0 Å². The SMILES string of the molecule is COc1ccc(C2=Cc3cc(OC)c(OC)cc3[C@@H](c3cc(C(C)(C)C)c(O)c(C(C)(C)C)c3)O2)cc1OC. The predicted octanol–water partition coefficient (Wildman–Crippen LogP) is 7.64. The summed E-state index contributed by atoms with van der Waals surface area (Å²) in [6.45, 7) is 12.6. The van der Waals surface area contributed by atoms with Crippen molar-refractivity contribution in [2.75, 3.05) is 28.4 Å². The number of fused-ring (bicyclic) bond motifs is 1. The molecule has 0 aromatic heterocycles. The van der Waals surface area contributed by atoms with Crippen molar-refractivity contribution in [2.45, 2.75) is 58.5 Å². The van der Waals surface area contributed by atoms with E-state index >= 15 is 0 Å². The van der Waals surface area contributed by atoms with Crippen molar-refractivity contribution in [3.05, 3.63) is 75.8 Å². The number of phenols is 1. The van der Waals surface area contributed by atoms with Crippen LogP contribution in [0.4, 0.5) is 0 Å². The molecule has 0 saturated heterocycles. The third kappa shape index (κ3) is 5.38. The Balaban J connectivity index is 1.99. The second-order valence-corrected chi connectivity index (χ2v) is 11.9. The maximum atomic E-state index is 11.4. The largest absolute Gasteiger partial charge is 0.507 e. The molecule has 6 heteroatoms. The number of rotatable bonds is 6. The van der Waals surface area contributed by atoms with Gasteiger partial charge in [0.15, 0.2) is 23.0 Å². The van der Waals surface area contributed by atoms with Crippen LogP contribution < -0.4 is 18.9 Å². The zero-order valence-electron chi connectivity index (χ0n) is 24.7. The standard InChI is InChI=1S/C33H40O6/c1-32(2,3)23-13-21(14-24(30(23)34)33(4,5)6)31-22-18-29(38-10)28(37-9)17-20(22)16-26(39-31)19-11-12-25(35-7)27(15-19)36-8/h11-18,31,34H,1-10H3/t31-/m1/s1. The summed E-state index contributed by atoms with van der Waals surface area (Å²) in [6.07, 6.45) is 1.54. The molecule has 0 saturated carbocycles. The monoisotopic (exact) mass is 532 g/mol. The van der Waals surface area contributed by atoms with Crippen molar-refractivity contribution in [1.82, 2.24) is 0 Å². The van der Waals surface area contributed by atoms with Crippen LogP contribution in [0.1, 0.15) is 81.0 Å². The van der Waals surface area contributed by atoms with Gasteiger partial charge in [-0.1, -0.05) is 41.5 Å². The number of methoxy groups -OCH3 is 4. The zero-order chi connectivity index (χ0) is 28.7. The Labute approximate surface area is 232 Å². The lowest BCUT2D eigenvalue weighted by Gasteiger charge is -2.32. The Morgan fingerprint density at radius 3 is 1.69 bits per heavy atom. The Bertz CT molecular complexity index is 1370. The van der Waals surface area contributed by atoms with Crippen LogP contribution in [-0.2, 0) is 15.6 Å². The average molecular weight is 533 g/mol. The van der Waals surface area contributed by atoms with Crippen molar-refractivity contribution in [3.63, 3.8) is 0 Å². The molecule has 39 heavy (non-hydrogen) atoms. The Hall–Kier alpha value is -3.80. The normalized spacial score (nSPS) is 15.1. The number of benzene rings is 3. The van der Waals surface area contributed by atoms with Gasteiger partial charge in [-0.2, -0.15) is 0 Å². The Morgan fingerprint density at radius 2 is 1.18 bits per heavy atom. The smallest absolute Gasteiger partial charge is 0.161 e. The minimum atomic E-state index is -0.462. The highest BCUT2D eigenvalue weighted by Gasteiger charge is 2.32. The average Bonchev–Trinajstić information content (AvgIpc) is 2.89. The van der Waals surface area contributed by atoms with Crippen molar-refractivity contribution in [3.8, 4) is 28.7 Å². The lowest BCUT2D eigenvalue weighted by molar-refractivity contribution is 0.204. The Morgan fingerprint density at radius 1 is 0.667 bits per heavy atom. The van der Waals surface area contributed by atoms with E-state index < -0.39 is 6.10 Å². The summed E-state index contributed by atoms with van der Waals surface area (Å²) in [7, 11) is 6.49. The van der Waals surface area contributed by atoms with Gasteiger partial charge in [0, 0.05) is 11.1 Å². The lowest BCUT2D eigenvalue weighted by atomic mass is 9.77. The number of ether oxygens (including phenoxy) is 5. The molecular weight excluding hydrogens is 492 g/mol. The molecule has 4 rings (SSSR count). The first-order valence-corrected chi connectivity index (χ1v) is 13.1. The van der Waals surface area contributed by atoms with Crippen molar-refractivity contribution in [2.24, 2.45) is 0 Å². The second-order valence-electron chi connectivity index (χ2n) is 11.9. The number of aromatic hydroxyl groups is 1. The van der Waals surface area contributed by atoms with Gasteiger partial charge in [0.25, 0.3) is 0 Å². The molecule has 1 N–H and O–H groups in total. The van der Waals surface area contributed by atoms with Crippen molar-refractivity contribution >= 4 is 11.8 Å². The summed E-state index contributed by atoms with van der Waals surface area (Å²) in [5, 5.41) is 11.4. The van der Waals surface area contributed by atoms with Crippen molar-refractivity contribution < 1.29 is 28.8 Å². The van der Waals surface area contributed by atoms with Crippen LogP contribution in [0.5, 0.6) is 28.7 Å². The van der Waals surface area contributed by atoms with Crippen LogP contribution >= 0.6 is 0 Å². The summed E-state index contributed by atoms with van der Waals surface area (Å²) in [4.78, 5) is 0.